The summed E-state index contributed by atoms with van der Waals surface area (Å²) in [6.07, 6.45) is 8.24. The van der Waals surface area contributed by atoms with Crippen LogP contribution in [0.3, 0.4) is 0 Å². The van der Waals surface area contributed by atoms with Crippen LogP contribution >= 0.6 is 11.3 Å². The minimum Gasteiger partial charge on any atom is -0.492 e. The Hall–Kier alpha value is -5.66. The molecule has 2 amide bonds. The Labute approximate surface area is 382 Å². The number of nitrogens with two attached hydrogens (primary N) is 1. The lowest BCUT2D eigenvalue weighted by molar-refractivity contribution is -0.138. The van der Waals surface area contributed by atoms with E-state index in [9.17, 15) is 27.2 Å². The third-order valence-electron chi connectivity index (χ3n) is 12.8. The van der Waals surface area contributed by atoms with Crippen LogP contribution in [-0.2, 0) is 14.6 Å². The van der Waals surface area contributed by atoms with Gasteiger partial charge in [-0.25, -0.2) is 37.7 Å². The highest BCUT2D eigenvalue weighted by molar-refractivity contribution is 7.92. The molecule has 2 aromatic carbocycles. The third kappa shape index (κ3) is 9.82. The average molecular weight is 927 g/mol. The molecule has 0 radical (unpaired) electrons. The van der Waals surface area contributed by atoms with Crippen LogP contribution in [0.2, 0.25) is 0 Å². The van der Waals surface area contributed by atoms with Crippen molar-refractivity contribution in [2.75, 3.05) is 69.6 Å². The molecule has 3 aliphatic rings. The number of piperazine rings is 1. The van der Waals surface area contributed by atoms with Crippen LogP contribution in [0.5, 0.6) is 5.75 Å². The van der Waals surface area contributed by atoms with E-state index in [1.807, 2.05) is 16.7 Å². The second kappa shape index (κ2) is 19.1. The lowest BCUT2D eigenvalue weighted by Gasteiger charge is -2.36. The average Bonchev–Trinajstić information content (AvgIpc) is 4.01. The van der Waals surface area contributed by atoms with Crippen molar-refractivity contribution in [3.05, 3.63) is 88.1 Å². The number of likely N-dealkylation sites (tertiary alicyclic amines) is 2. The fourth-order valence-corrected chi connectivity index (χ4v) is 11.1. The highest BCUT2D eigenvalue weighted by Gasteiger charge is 2.39. The molecule has 2 N–H and O–H groups in total. The van der Waals surface area contributed by atoms with Crippen molar-refractivity contribution >= 4 is 61.4 Å². The van der Waals surface area contributed by atoms with Crippen molar-refractivity contribution in [3.8, 4) is 5.75 Å². The number of hydrogen-bond acceptors (Lipinski definition) is 15. The quantitative estimate of drug-likeness (QED) is 0.109. The Balaban J connectivity index is 0.781. The van der Waals surface area contributed by atoms with Crippen LogP contribution in [0.1, 0.15) is 97.3 Å². The monoisotopic (exact) mass is 926 g/mol. The van der Waals surface area contributed by atoms with Gasteiger partial charge in [0.2, 0.25) is 17.6 Å². The molecule has 0 spiro atoms. The maximum Gasteiger partial charge on any atom is 0.256 e. The fraction of sp³-hybridized carbons (Fsp3) is 0.478. The van der Waals surface area contributed by atoms with E-state index in [-0.39, 0.29) is 51.9 Å². The zero-order chi connectivity index (χ0) is 46.0. The summed E-state index contributed by atoms with van der Waals surface area (Å²) >= 11 is 1.37. The zero-order valence-electron chi connectivity index (χ0n) is 37.2. The van der Waals surface area contributed by atoms with Gasteiger partial charge in [0.15, 0.2) is 9.84 Å². The molecular formula is C46H55FN10O6S2. The number of ether oxygens (including phenoxy) is 1. The number of aromatic nitrogens is 5. The van der Waals surface area contributed by atoms with Gasteiger partial charge in [-0.05, 0) is 89.1 Å². The van der Waals surface area contributed by atoms with E-state index in [4.69, 9.17) is 10.5 Å². The van der Waals surface area contributed by atoms with E-state index in [1.165, 1.54) is 48.0 Å². The summed E-state index contributed by atoms with van der Waals surface area (Å²) in [6, 6.07) is 8.35. The number of sulfone groups is 1. The summed E-state index contributed by atoms with van der Waals surface area (Å²) < 4.78 is 45.5. The molecule has 3 fully saturated rings. The first-order valence-electron chi connectivity index (χ1n) is 22.2. The number of carbonyl (C=O) groups excluding carboxylic acids is 3. The predicted molar refractivity (Wildman–Crippen MR) is 245 cm³/mol. The van der Waals surface area contributed by atoms with E-state index >= 15 is 0 Å². The van der Waals surface area contributed by atoms with Gasteiger partial charge in [0.05, 0.1) is 28.5 Å². The van der Waals surface area contributed by atoms with E-state index in [1.54, 1.807) is 44.6 Å². The summed E-state index contributed by atoms with van der Waals surface area (Å²) in [5.74, 6) is 0.168. The van der Waals surface area contributed by atoms with E-state index < -0.39 is 20.4 Å². The van der Waals surface area contributed by atoms with Crippen LogP contribution in [0.25, 0.3) is 10.9 Å². The number of nitrogen functional groups attached to an aromatic ring is 1. The van der Waals surface area contributed by atoms with Gasteiger partial charge in [0.1, 0.15) is 39.3 Å². The summed E-state index contributed by atoms with van der Waals surface area (Å²) in [4.78, 5) is 70.7. The van der Waals surface area contributed by atoms with Crippen LogP contribution in [-0.4, -0.2) is 129 Å². The fourth-order valence-electron chi connectivity index (χ4n) is 8.80. The minimum absolute atomic E-state index is 0.0713. The Morgan fingerprint density at radius 3 is 2.32 bits per heavy atom. The van der Waals surface area contributed by atoms with Crippen molar-refractivity contribution in [2.24, 2.45) is 11.8 Å². The Kier molecular flexibility index (Phi) is 13.5. The molecule has 65 heavy (non-hydrogen) atoms. The number of amides is 2. The number of fused-ring (bicyclic) bond motifs is 1. The van der Waals surface area contributed by atoms with Gasteiger partial charge in [-0.15, -0.1) is 11.3 Å². The number of hydrogen-bond donors (Lipinski definition) is 1. The molecule has 0 bridgehead atoms. The largest absolute Gasteiger partial charge is 0.492 e. The highest BCUT2D eigenvalue weighted by atomic mass is 32.2. The number of carbonyl (C=O) groups is 3. The first kappa shape index (κ1) is 45.9. The zero-order valence-corrected chi connectivity index (χ0v) is 38.8. The van der Waals surface area contributed by atoms with Crippen molar-refractivity contribution in [2.45, 2.75) is 75.5 Å². The van der Waals surface area contributed by atoms with E-state index in [0.717, 1.165) is 37.5 Å². The maximum atomic E-state index is 13.9. The number of nitrogens with zero attached hydrogens (tertiary/aromatic N) is 9. The summed E-state index contributed by atoms with van der Waals surface area (Å²) in [5.41, 5.74) is 7.65. The molecule has 8 rings (SSSR count). The number of ketones is 1. The lowest BCUT2D eigenvalue weighted by atomic mass is 9.84. The molecule has 0 unspecified atom stereocenters. The molecule has 2 atom stereocenters. The molecule has 344 valence electrons. The number of anilines is 2. The molecule has 3 aliphatic heterocycles. The van der Waals surface area contributed by atoms with Crippen molar-refractivity contribution in [3.63, 3.8) is 0 Å². The van der Waals surface area contributed by atoms with Gasteiger partial charge in [0.25, 0.3) is 5.91 Å². The first-order chi connectivity index (χ1) is 31.1. The second-order valence-electron chi connectivity index (χ2n) is 18.0. The maximum absolute atomic E-state index is 13.9. The minimum atomic E-state index is -3.75. The van der Waals surface area contributed by atoms with Gasteiger partial charge in [-0.1, -0.05) is 6.92 Å². The Morgan fingerprint density at radius 2 is 1.63 bits per heavy atom. The number of benzene rings is 2. The van der Waals surface area contributed by atoms with Crippen molar-refractivity contribution < 1.29 is 31.9 Å². The Morgan fingerprint density at radius 1 is 0.923 bits per heavy atom. The number of piperidine rings is 1. The summed E-state index contributed by atoms with van der Waals surface area (Å²) in [5, 5.41) is 2.91. The molecule has 0 saturated carbocycles. The van der Waals surface area contributed by atoms with Gasteiger partial charge in [0, 0.05) is 93.1 Å². The van der Waals surface area contributed by atoms with Crippen LogP contribution in [0, 0.1) is 17.7 Å². The number of halogens is 1. The highest BCUT2D eigenvalue weighted by Crippen LogP contribution is 2.38. The third-order valence-corrected chi connectivity index (χ3v) is 16.3. The summed E-state index contributed by atoms with van der Waals surface area (Å²) in [7, 11) is -3.75. The molecule has 19 heteroatoms. The summed E-state index contributed by atoms with van der Waals surface area (Å²) in [6.45, 7) is 12.7. The number of rotatable bonds is 13. The van der Waals surface area contributed by atoms with Crippen LogP contribution < -0.4 is 15.4 Å². The first-order valence-corrected chi connectivity index (χ1v) is 24.5. The SMILES string of the molecule is C[C@H](C(=O)N1CCC[C@H]1c1nc(C(=O)c2ccc(F)cc2)cs1)C1CCN(C(=O)c2cnc(N3CCN(CCCOc4cc5ncnc(N)c5cc4S(=O)(=O)C(C)(C)C)CC3)nc2)CC1. The smallest absolute Gasteiger partial charge is 0.256 e. The standard InChI is InChI=1S/C46H55FN10O6S2/c1-29(43(59)57-15-5-7-37(57)42-53-36(27-64-42)40(58)31-8-10-33(47)11-9-31)30-12-16-55(17-13-30)44(60)32-25-49-45(50-26-32)56-20-18-54(19-21-56)14-6-22-63-38-24-35-34(41(48)52-28-51-35)23-39(38)65(61,62)46(2,3)4/h8-11,23-30,37H,5-7,12-22H2,1-4H3,(H2,48,51,52)/t29-,37-/m0/s1. The van der Waals surface area contributed by atoms with Crippen LogP contribution in [0.4, 0.5) is 16.2 Å². The van der Waals surface area contributed by atoms with Gasteiger partial charge in [-0.2, -0.15) is 0 Å². The molecule has 16 nitrogen and oxygen atoms in total. The number of thiazole rings is 1. The molecular weight excluding hydrogens is 872 g/mol. The second-order valence-corrected chi connectivity index (χ2v) is 21.6. The normalized spacial score (nSPS) is 18.3. The van der Waals surface area contributed by atoms with E-state index in [2.05, 4.69) is 34.7 Å². The van der Waals surface area contributed by atoms with Crippen LogP contribution in [0.15, 0.2) is 65.4 Å². The molecule has 5 aromatic rings. The molecule has 3 saturated heterocycles. The Bertz CT molecular complexity index is 2640. The molecule has 6 heterocycles. The predicted octanol–water partition coefficient (Wildman–Crippen LogP) is 5.84. The van der Waals surface area contributed by atoms with Gasteiger partial charge < -0.3 is 25.2 Å². The van der Waals surface area contributed by atoms with E-state index in [0.29, 0.717) is 92.3 Å². The van der Waals surface area contributed by atoms with Crippen molar-refractivity contribution in [1.29, 1.82) is 0 Å². The molecule has 3 aromatic heterocycles. The molecule has 0 aliphatic carbocycles. The van der Waals surface area contributed by atoms with Crippen molar-refractivity contribution in [1.82, 2.24) is 39.6 Å². The lowest BCUT2D eigenvalue weighted by Crippen LogP contribution is -2.47. The van der Waals surface area contributed by atoms with Gasteiger partial charge in [-0.3, -0.25) is 19.3 Å². The topological polar surface area (TPSA) is 198 Å². The van der Waals surface area contributed by atoms with Gasteiger partial charge >= 0.3 is 0 Å².